The maximum Gasteiger partial charge on any atom is 0.317 e. The maximum atomic E-state index is 12.5. The van der Waals surface area contributed by atoms with Crippen molar-refractivity contribution in [2.45, 2.75) is 33.2 Å². The lowest BCUT2D eigenvalue weighted by molar-refractivity contribution is 0.0788. The standard InChI is InChI=1S/C19H31N5O2/c1-5-23(6-2)12-11-22(4)19(26)21-17-9-10-24(14-17)18(25)16-8-7-15(3)20-13-16/h7-8,13,17H,5-6,9-12,14H2,1-4H3,(H,21,26)/t17-/m1/s1. The molecule has 0 radical (unpaired) electrons. The molecule has 0 aromatic carbocycles. The van der Waals surface area contributed by atoms with Crippen LogP contribution in [-0.2, 0) is 0 Å². The van der Waals surface area contributed by atoms with E-state index < -0.39 is 0 Å². The van der Waals surface area contributed by atoms with E-state index in [1.165, 1.54) is 0 Å². The summed E-state index contributed by atoms with van der Waals surface area (Å²) in [4.78, 5) is 34.8. The van der Waals surface area contributed by atoms with Crippen molar-refractivity contribution >= 4 is 11.9 Å². The van der Waals surface area contributed by atoms with Crippen LogP contribution in [0.5, 0.6) is 0 Å². The Morgan fingerprint density at radius 3 is 2.62 bits per heavy atom. The van der Waals surface area contributed by atoms with Gasteiger partial charge >= 0.3 is 6.03 Å². The third-order valence-corrected chi connectivity index (χ3v) is 4.95. The van der Waals surface area contributed by atoms with Crippen molar-refractivity contribution in [2.75, 3.05) is 46.3 Å². The van der Waals surface area contributed by atoms with Crippen LogP contribution in [-0.4, -0.2) is 84.0 Å². The van der Waals surface area contributed by atoms with Gasteiger partial charge in [0.05, 0.1) is 5.56 Å². The van der Waals surface area contributed by atoms with E-state index in [-0.39, 0.29) is 18.0 Å². The third kappa shape index (κ3) is 5.42. The number of likely N-dealkylation sites (N-methyl/N-ethyl adjacent to an activating group) is 2. The molecule has 0 aliphatic carbocycles. The number of aryl methyl sites for hydroxylation is 1. The fourth-order valence-electron chi connectivity index (χ4n) is 3.06. The quantitative estimate of drug-likeness (QED) is 0.801. The number of amides is 3. The molecular weight excluding hydrogens is 330 g/mol. The number of likely N-dealkylation sites (tertiary alicyclic amines) is 1. The predicted molar refractivity (Wildman–Crippen MR) is 102 cm³/mol. The molecule has 3 amide bonds. The molecule has 1 aliphatic rings. The summed E-state index contributed by atoms with van der Waals surface area (Å²) in [5, 5.41) is 3.04. The molecule has 0 spiro atoms. The van der Waals surface area contributed by atoms with E-state index in [0.717, 1.165) is 31.7 Å². The minimum atomic E-state index is -0.0755. The van der Waals surface area contributed by atoms with Gasteiger partial charge in [0.25, 0.3) is 5.91 Å². The maximum absolute atomic E-state index is 12.5. The second kappa shape index (κ2) is 9.52. The number of nitrogens with one attached hydrogen (secondary N) is 1. The van der Waals surface area contributed by atoms with Gasteiger partial charge in [-0.1, -0.05) is 13.8 Å². The average molecular weight is 361 g/mol. The van der Waals surface area contributed by atoms with E-state index in [9.17, 15) is 9.59 Å². The Kier molecular flexibility index (Phi) is 7.38. The highest BCUT2D eigenvalue weighted by Gasteiger charge is 2.28. The minimum absolute atomic E-state index is 0.000705. The van der Waals surface area contributed by atoms with Crippen LogP contribution in [0.15, 0.2) is 18.3 Å². The first-order chi connectivity index (χ1) is 12.4. The van der Waals surface area contributed by atoms with Crippen molar-refractivity contribution in [1.29, 1.82) is 0 Å². The molecule has 1 saturated heterocycles. The lowest BCUT2D eigenvalue weighted by Crippen LogP contribution is -2.46. The number of urea groups is 1. The van der Waals surface area contributed by atoms with Gasteiger partial charge in [0.1, 0.15) is 0 Å². The van der Waals surface area contributed by atoms with Gasteiger partial charge < -0.3 is 20.0 Å². The summed E-state index contributed by atoms with van der Waals surface area (Å²) >= 11 is 0. The second-order valence-electron chi connectivity index (χ2n) is 6.82. The zero-order valence-electron chi connectivity index (χ0n) is 16.4. The fourth-order valence-corrected chi connectivity index (χ4v) is 3.06. The van der Waals surface area contributed by atoms with Crippen LogP contribution >= 0.6 is 0 Å². The largest absolute Gasteiger partial charge is 0.336 e. The monoisotopic (exact) mass is 361 g/mol. The van der Waals surface area contributed by atoms with E-state index in [4.69, 9.17) is 0 Å². The summed E-state index contributed by atoms with van der Waals surface area (Å²) in [6.45, 7) is 10.9. The zero-order valence-corrected chi connectivity index (χ0v) is 16.4. The van der Waals surface area contributed by atoms with Crippen LogP contribution in [0.4, 0.5) is 4.79 Å². The van der Waals surface area contributed by atoms with Crippen molar-refractivity contribution in [3.63, 3.8) is 0 Å². The number of hydrogen-bond acceptors (Lipinski definition) is 4. The summed E-state index contributed by atoms with van der Waals surface area (Å²) < 4.78 is 0. The lowest BCUT2D eigenvalue weighted by atomic mass is 10.2. The molecule has 0 saturated carbocycles. The van der Waals surface area contributed by atoms with Gasteiger partial charge in [-0.15, -0.1) is 0 Å². The van der Waals surface area contributed by atoms with Crippen LogP contribution in [0.3, 0.4) is 0 Å². The molecule has 1 fully saturated rings. The van der Waals surface area contributed by atoms with Crippen LogP contribution < -0.4 is 5.32 Å². The highest BCUT2D eigenvalue weighted by Crippen LogP contribution is 2.14. The number of nitrogens with zero attached hydrogens (tertiary/aromatic N) is 4. The highest BCUT2D eigenvalue weighted by molar-refractivity contribution is 5.94. The van der Waals surface area contributed by atoms with E-state index in [2.05, 4.69) is 29.0 Å². The van der Waals surface area contributed by atoms with Crippen LogP contribution in [0.2, 0.25) is 0 Å². The van der Waals surface area contributed by atoms with Crippen molar-refractivity contribution < 1.29 is 9.59 Å². The van der Waals surface area contributed by atoms with Crippen molar-refractivity contribution in [2.24, 2.45) is 0 Å². The van der Waals surface area contributed by atoms with Crippen LogP contribution in [0.25, 0.3) is 0 Å². The first-order valence-electron chi connectivity index (χ1n) is 9.40. The molecule has 7 nitrogen and oxygen atoms in total. The molecule has 1 aromatic rings. The Balaban J connectivity index is 1.80. The SMILES string of the molecule is CCN(CC)CCN(C)C(=O)N[C@@H]1CCN(C(=O)c2ccc(C)nc2)C1. The van der Waals surface area contributed by atoms with Gasteiger partial charge in [-0.2, -0.15) is 0 Å². The number of rotatable bonds is 7. The van der Waals surface area contributed by atoms with Gasteiger partial charge in [0, 0.05) is 51.2 Å². The number of carbonyl (C=O) groups excluding carboxylic acids is 2. The molecule has 7 heteroatoms. The van der Waals surface area contributed by atoms with Gasteiger partial charge in [-0.25, -0.2) is 4.79 Å². The van der Waals surface area contributed by atoms with E-state index in [1.54, 1.807) is 22.1 Å². The van der Waals surface area contributed by atoms with Gasteiger partial charge in [-0.05, 0) is 38.6 Å². The van der Waals surface area contributed by atoms with Crippen LogP contribution in [0, 0.1) is 6.92 Å². The molecule has 1 N–H and O–H groups in total. The molecule has 2 heterocycles. The first-order valence-corrected chi connectivity index (χ1v) is 9.40. The third-order valence-electron chi connectivity index (χ3n) is 4.95. The smallest absolute Gasteiger partial charge is 0.317 e. The molecule has 26 heavy (non-hydrogen) atoms. The minimum Gasteiger partial charge on any atom is -0.336 e. The van der Waals surface area contributed by atoms with Gasteiger partial charge in [0.15, 0.2) is 0 Å². The second-order valence-corrected chi connectivity index (χ2v) is 6.82. The summed E-state index contributed by atoms with van der Waals surface area (Å²) in [6.07, 6.45) is 2.39. The van der Waals surface area contributed by atoms with Gasteiger partial charge in [0.2, 0.25) is 0 Å². The molecule has 1 aromatic heterocycles. The molecule has 144 valence electrons. The Bertz CT molecular complexity index is 600. The highest BCUT2D eigenvalue weighted by atomic mass is 16.2. The summed E-state index contributed by atoms with van der Waals surface area (Å²) in [5.41, 5.74) is 1.49. The summed E-state index contributed by atoms with van der Waals surface area (Å²) in [5.74, 6) is -0.0239. The van der Waals surface area contributed by atoms with Crippen molar-refractivity contribution in [1.82, 2.24) is 25.0 Å². The Hall–Kier alpha value is -2.15. The predicted octanol–water partition coefficient (Wildman–Crippen LogP) is 1.59. The lowest BCUT2D eigenvalue weighted by Gasteiger charge is -2.25. The molecular formula is C19H31N5O2. The first kappa shape index (κ1) is 20.2. The Morgan fingerprint density at radius 1 is 1.27 bits per heavy atom. The molecule has 1 atom stereocenters. The molecule has 0 unspecified atom stereocenters. The van der Waals surface area contributed by atoms with Crippen molar-refractivity contribution in [3.8, 4) is 0 Å². The molecule has 0 bridgehead atoms. The van der Waals surface area contributed by atoms with E-state index in [1.807, 2.05) is 20.0 Å². The number of carbonyl (C=O) groups is 2. The zero-order chi connectivity index (χ0) is 19.1. The Labute approximate surface area is 156 Å². The number of hydrogen-bond donors (Lipinski definition) is 1. The van der Waals surface area contributed by atoms with E-state index in [0.29, 0.717) is 25.2 Å². The summed E-state index contributed by atoms with van der Waals surface area (Å²) in [6, 6.07) is 3.57. The topological polar surface area (TPSA) is 68.8 Å². The number of aromatic nitrogens is 1. The molecule has 2 rings (SSSR count). The van der Waals surface area contributed by atoms with E-state index >= 15 is 0 Å². The Morgan fingerprint density at radius 2 is 2.00 bits per heavy atom. The summed E-state index contributed by atoms with van der Waals surface area (Å²) in [7, 11) is 1.81. The van der Waals surface area contributed by atoms with Crippen molar-refractivity contribution in [3.05, 3.63) is 29.6 Å². The number of pyridine rings is 1. The van der Waals surface area contributed by atoms with Gasteiger partial charge in [-0.3, -0.25) is 9.78 Å². The normalized spacial score (nSPS) is 16.8. The van der Waals surface area contributed by atoms with Crippen LogP contribution in [0.1, 0.15) is 36.3 Å². The molecule has 1 aliphatic heterocycles. The fraction of sp³-hybridized carbons (Fsp3) is 0.632. The average Bonchev–Trinajstić information content (AvgIpc) is 3.10.